The standard InChI is InChI=1S/C12H26N2O5S/c1-4-14(20(3,16)17)9-6-7-13-8-10-18-11-12(15)19-5-2/h13H,4-11H2,1-3H3. The average molecular weight is 310 g/mol. The van der Waals surface area contributed by atoms with E-state index in [-0.39, 0.29) is 12.6 Å². The highest BCUT2D eigenvalue weighted by molar-refractivity contribution is 7.88. The van der Waals surface area contributed by atoms with Crippen LogP contribution in [0.2, 0.25) is 0 Å². The Balaban J connectivity index is 3.47. The molecule has 0 aromatic heterocycles. The number of hydrogen-bond acceptors (Lipinski definition) is 6. The summed E-state index contributed by atoms with van der Waals surface area (Å²) < 4.78 is 33.9. The quantitative estimate of drug-likeness (QED) is 0.398. The molecule has 120 valence electrons. The minimum absolute atomic E-state index is 0.0345. The van der Waals surface area contributed by atoms with Gasteiger partial charge in [0.25, 0.3) is 0 Å². The zero-order valence-electron chi connectivity index (χ0n) is 12.6. The van der Waals surface area contributed by atoms with Crippen LogP contribution in [-0.2, 0) is 24.3 Å². The van der Waals surface area contributed by atoms with Crippen LogP contribution in [0.4, 0.5) is 0 Å². The summed E-state index contributed by atoms with van der Waals surface area (Å²) in [4.78, 5) is 11.0. The van der Waals surface area contributed by atoms with Crippen molar-refractivity contribution in [2.45, 2.75) is 20.3 Å². The molecule has 8 heteroatoms. The molecule has 0 spiro atoms. The van der Waals surface area contributed by atoms with Crippen molar-refractivity contribution >= 4 is 16.0 Å². The third kappa shape index (κ3) is 10.1. The van der Waals surface area contributed by atoms with Gasteiger partial charge in [-0.2, -0.15) is 0 Å². The highest BCUT2D eigenvalue weighted by Gasteiger charge is 2.12. The van der Waals surface area contributed by atoms with Crippen LogP contribution in [0.1, 0.15) is 20.3 Å². The highest BCUT2D eigenvalue weighted by Crippen LogP contribution is 1.97. The van der Waals surface area contributed by atoms with Crippen LogP contribution in [0.3, 0.4) is 0 Å². The predicted octanol–water partition coefficient (Wildman–Crippen LogP) is -0.173. The molecular weight excluding hydrogens is 284 g/mol. The Morgan fingerprint density at radius 3 is 2.50 bits per heavy atom. The Kier molecular flexibility index (Phi) is 10.6. The van der Waals surface area contributed by atoms with E-state index in [1.54, 1.807) is 6.92 Å². The summed E-state index contributed by atoms with van der Waals surface area (Å²) in [6, 6.07) is 0. The van der Waals surface area contributed by atoms with Gasteiger partial charge < -0.3 is 14.8 Å². The molecule has 0 fully saturated rings. The third-order valence-electron chi connectivity index (χ3n) is 2.53. The van der Waals surface area contributed by atoms with Crippen LogP contribution in [-0.4, -0.2) is 70.9 Å². The molecule has 0 atom stereocenters. The second kappa shape index (κ2) is 11.0. The Hall–Kier alpha value is -0.700. The van der Waals surface area contributed by atoms with E-state index < -0.39 is 10.0 Å². The van der Waals surface area contributed by atoms with Crippen LogP contribution in [0.5, 0.6) is 0 Å². The number of sulfonamides is 1. The molecule has 7 nitrogen and oxygen atoms in total. The maximum Gasteiger partial charge on any atom is 0.332 e. The van der Waals surface area contributed by atoms with Crippen LogP contribution >= 0.6 is 0 Å². The molecule has 0 unspecified atom stereocenters. The molecule has 0 rings (SSSR count). The Bertz CT molecular complexity index is 359. The minimum Gasteiger partial charge on any atom is -0.464 e. The molecule has 1 N–H and O–H groups in total. The van der Waals surface area contributed by atoms with E-state index in [0.29, 0.717) is 39.4 Å². The van der Waals surface area contributed by atoms with Gasteiger partial charge in [0, 0.05) is 19.6 Å². The highest BCUT2D eigenvalue weighted by atomic mass is 32.2. The van der Waals surface area contributed by atoms with E-state index in [4.69, 9.17) is 9.47 Å². The van der Waals surface area contributed by atoms with Gasteiger partial charge in [-0.25, -0.2) is 17.5 Å². The van der Waals surface area contributed by atoms with E-state index in [0.717, 1.165) is 6.42 Å². The lowest BCUT2D eigenvalue weighted by atomic mass is 10.4. The fourth-order valence-corrected chi connectivity index (χ4v) is 2.50. The smallest absolute Gasteiger partial charge is 0.332 e. The number of carbonyl (C=O) groups excluding carboxylic acids is 1. The maximum absolute atomic E-state index is 11.3. The van der Waals surface area contributed by atoms with Crippen molar-refractivity contribution in [3.63, 3.8) is 0 Å². The molecule has 0 bridgehead atoms. The Morgan fingerprint density at radius 1 is 1.25 bits per heavy atom. The number of carbonyl (C=O) groups is 1. The summed E-state index contributed by atoms with van der Waals surface area (Å²) in [5, 5.41) is 3.12. The molecule has 0 amide bonds. The van der Waals surface area contributed by atoms with Crippen LogP contribution in [0.25, 0.3) is 0 Å². The SMILES string of the molecule is CCOC(=O)COCCNCCCN(CC)S(C)(=O)=O. The largest absolute Gasteiger partial charge is 0.464 e. The molecule has 20 heavy (non-hydrogen) atoms. The molecule has 0 saturated heterocycles. The Labute approximate surface area is 121 Å². The minimum atomic E-state index is -3.10. The first-order valence-corrected chi connectivity index (χ1v) is 8.65. The van der Waals surface area contributed by atoms with Crippen molar-refractivity contribution in [3.8, 4) is 0 Å². The lowest BCUT2D eigenvalue weighted by Crippen LogP contribution is -2.33. The summed E-state index contributed by atoms with van der Waals surface area (Å²) in [7, 11) is -3.10. The normalized spacial score (nSPS) is 11.8. The zero-order valence-corrected chi connectivity index (χ0v) is 13.4. The van der Waals surface area contributed by atoms with Gasteiger partial charge in [-0.3, -0.25) is 0 Å². The lowest BCUT2D eigenvalue weighted by molar-refractivity contribution is -0.148. The van der Waals surface area contributed by atoms with Gasteiger partial charge in [0.2, 0.25) is 10.0 Å². The summed E-state index contributed by atoms with van der Waals surface area (Å²) in [5.74, 6) is -0.362. The second-order valence-corrected chi connectivity index (χ2v) is 6.20. The first-order chi connectivity index (χ1) is 9.41. The van der Waals surface area contributed by atoms with Gasteiger partial charge >= 0.3 is 5.97 Å². The number of esters is 1. The predicted molar refractivity (Wildman–Crippen MR) is 77.0 cm³/mol. The number of ether oxygens (including phenoxy) is 2. The van der Waals surface area contributed by atoms with E-state index in [9.17, 15) is 13.2 Å². The lowest BCUT2D eigenvalue weighted by Gasteiger charge is -2.17. The van der Waals surface area contributed by atoms with Gasteiger partial charge in [0.1, 0.15) is 6.61 Å². The fourth-order valence-electron chi connectivity index (χ4n) is 1.57. The van der Waals surface area contributed by atoms with E-state index >= 15 is 0 Å². The molecule has 0 aromatic carbocycles. The second-order valence-electron chi connectivity index (χ2n) is 4.22. The third-order valence-corrected chi connectivity index (χ3v) is 3.91. The summed E-state index contributed by atoms with van der Waals surface area (Å²) in [6.07, 6.45) is 1.95. The van der Waals surface area contributed by atoms with Crippen LogP contribution < -0.4 is 5.32 Å². The summed E-state index contributed by atoms with van der Waals surface area (Å²) in [6.45, 7) is 6.62. The van der Waals surface area contributed by atoms with Crippen LogP contribution in [0.15, 0.2) is 0 Å². The molecule has 0 heterocycles. The molecule has 0 saturated carbocycles. The van der Waals surface area contributed by atoms with E-state index in [2.05, 4.69) is 5.32 Å². The van der Waals surface area contributed by atoms with Crippen molar-refractivity contribution in [2.75, 3.05) is 52.3 Å². The van der Waals surface area contributed by atoms with Gasteiger partial charge in [-0.05, 0) is 19.9 Å². The van der Waals surface area contributed by atoms with Gasteiger partial charge in [0.15, 0.2) is 0 Å². The number of nitrogens with zero attached hydrogens (tertiary/aromatic N) is 1. The molecule has 0 radical (unpaired) electrons. The van der Waals surface area contributed by atoms with Crippen molar-refractivity contribution in [1.82, 2.24) is 9.62 Å². The molecule has 0 aliphatic carbocycles. The monoisotopic (exact) mass is 310 g/mol. The molecule has 0 aromatic rings. The van der Waals surface area contributed by atoms with Crippen molar-refractivity contribution in [1.29, 1.82) is 0 Å². The number of hydrogen-bond donors (Lipinski definition) is 1. The first kappa shape index (κ1) is 19.3. The fraction of sp³-hybridized carbons (Fsp3) is 0.917. The average Bonchev–Trinajstić information content (AvgIpc) is 2.35. The van der Waals surface area contributed by atoms with Crippen molar-refractivity contribution in [2.24, 2.45) is 0 Å². The van der Waals surface area contributed by atoms with E-state index in [1.807, 2.05) is 6.92 Å². The maximum atomic E-state index is 11.3. The molecule has 0 aliphatic heterocycles. The van der Waals surface area contributed by atoms with Crippen molar-refractivity contribution in [3.05, 3.63) is 0 Å². The molecular formula is C12H26N2O5S. The topological polar surface area (TPSA) is 84.9 Å². The molecule has 0 aliphatic rings. The first-order valence-electron chi connectivity index (χ1n) is 6.81. The van der Waals surface area contributed by atoms with Crippen molar-refractivity contribution < 1.29 is 22.7 Å². The van der Waals surface area contributed by atoms with Gasteiger partial charge in [-0.1, -0.05) is 6.92 Å². The Morgan fingerprint density at radius 2 is 1.95 bits per heavy atom. The zero-order chi connectivity index (χ0) is 15.4. The summed E-state index contributed by atoms with van der Waals surface area (Å²) in [5.41, 5.74) is 0. The summed E-state index contributed by atoms with van der Waals surface area (Å²) >= 11 is 0. The van der Waals surface area contributed by atoms with Crippen LogP contribution in [0, 0.1) is 0 Å². The van der Waals surface area contributed by atoms with E-state index in [1.165, 1.54) is 10.6 Å². The van der Waals surface area contributed by atoms with Gasteiger partial charge in [-0.15, -0.1) is 0 Å². The number of nitrogens with one attached hydrogen (secondary N) is 1. The number of rotatable bonds is 12. The van der Waals surface area contributed by atoms with Gasteiger partial charge in [0.05, 0.1) is 19.5 Å².